The number of carbonyl (C=O) groups is 2. The van der Waals surface area contributed by atoms with E-state index in [1.54, 1.807) is 51.5 Å². The van der Waals surface area contributed by atoms with Crippen molar-refractivity contribution in [1.29, 1.82) is 0 Å². The van der Waals surface area contributed by atoms with Gasteiger partial charge in [0, 0.05) is 32.3 Å². The molecule has 2 amide bonds. The molecule has 25 heavy (non-hydrogen) atoms. The lowest BCUT2D eigenvalue weighted by atomic mass is 10.1. The fourth-order valence-electron chi connectivity index (χ4n) is 2.29. The maximum atomic E-state index is 12.4. The molecule has 0 saturated carbocycles. The van der Waals surface area contributed by atoms with E-state index in [-0.39, 0.29) is 11.8 Å². The molecule has 1 N–H and O–H groups in total. The molecule has 2 aromatic rings. The molecule has 0 bridgehead atoms. The smallest absolute Gasteiger partial charge is 0.255 e. The van der Waals surface area contributed by atoms with Crippen LogP contribution in [0.5, 0.6) is 11.5 Å². The number of benzene rings is 2. The average Bonchev–Trinajstić information content (AvgIpc) is 2.65. The highest BCUT2D eigenvalue weighted by atomic mass is 16.5. The third kappa shape index (κ3) is 4.50. The van der Waals surface area contributed by atoms with E-state index < -0.39 is 0 Å². The van der Waals surface area contributed by atoms with Crippen molar-refractivity contribution < 1.29 is 19.1 Å². The third-order valence-corrected chi connectivity index (χ3v) is 3.71. The van der Waals surface area contributed by atoms with Crippen LogP contribution >= 0.6 is 0 Å². The predicted molar refractivity (Wildman–Crippen MR) is 95.2 cm³/mol. The molecule has 6 nitrogen and oxygen atoms in total. The SMILES string of the molecule is COc1ccc(C(=O)NCc2ccc(C(=O)N(C)C)cc2)c(OC)c1. The average molecular weight is 342 g/mol. The van der Waals surface area contributed by atoms with Crippen molar-refractivity contribution in [3.8, 4) is 11.5 Å². The molecule has 0 spiro atoms. The van der Waals surface area contributed by atoms with Crippen LogP contribution in [0, 0.1) is 0 Å². The summed E-state index contributed by atoms with van der Waals surface area (Å²) < 4.78 is 10.4. The van der Waals surface area contributed by atoms with E-state index in [1.165, 1.54) is 12.0 Å². The molecule has 0 heterocycles. The van der Waals surface area contributed by atoms with Crippen LogP contribution in [0.4, 0.5) is 0 Å². The molecule has 0 aliphatic heterocycles. The Morgan fingerprint density at radius 1 is 1.00 bits per heavy atom. The van der Waals surface area contributed by atoms with Gasteiger partial charge in [0.25, 0.3) is 11.8 Å². The first kappa shape index (κ1) is 18.3. The summed E-state index contributed by atoms with van der Waals surface area (Å²) >= 11 is 0. The summed E-state index contributed by atoms with van der Waals surface area (Å²) in [7, 11) is 6.47. The molecule has 2 rings (SSSR count). The summed E-state index contributed by atoms with van der Waals surface area (Å²) in [5.41, 5.74) is 1.94. The van der Waals surface area contributed by atoms with Crippen LogP contribution in [0.15, 0.2) is 42.5 Å². The molecule has 0 aromatic heterocycles. The highest BCUT2D eigenvalue weighted by Crippen LogP contribution is 2.24. The molecule has 0 aliphatic rings. The van der Waals surface area contributed by atoms with Gasteiger partial charge in [0.1, 0.15) is 11.5 Å². The van der Waals surface area contributed by atoms with Crippen molar-refractivity contribution in [1.82, 2.24) is 10.2 Å². The highest BCUT2D eigenvalue weighted by Gasteiger charge is 2.13. The van der Waals surface area contributed by atoms with E-state index in [0.29, 0.717) is 29.2 Å². The molecule has 0 atom stereocenters. The minimum Gasteiger partial charge on any atom is -0.497 e. The van der Waals surface area contributed by atoms with Gasteiger partial charge in [0.15, 0.2) is 0 Å². The zero-order valence-corrected chi connectivity index (χ0v) is 14.8. The van der Waals surface area contributed by atoms with E-state index >= 15 is 0 Å². The Morgan fingerprint density at radius 2 is 1.68 bits per heavy atom. The van der Waals surface area contributed by atoms with Gasteiger partial charge in [-0.15, -0.1) is 0 Å². The van der Waals surface area contributed by atoms with Gasteiger partial charge in [0.2, 0.25) is 0 Å². The van der Waals surface area contributed by atoms with Crippen molar-refractivity contribution >= 4 is 11.8 Å². The normalized spacial score (nSPS) is 10.1. The lowest BCUT2D eigenvalue weighted by molar-refractivity contribution is 0.0827. The zero-order valence-electron chi connectivity index (χ0n) is 14.8. The van der Waals surface area contributed by atoms with E-state index in [4.69, 9.17) is 9.47 Å². The molecule has 132 valence electrons. The number of hydrogen-bond donors (Lipinski definition) is 1. The summed E-state index contributed by atoms with van der Waals surface area (Å²) in [6, 6.07) is 12.2. The minimum atomic E-state index is -0.243. The van der Waals surface area contributed by atoms with Gasteiger partial charge in [-0.25, -0.2) is 0 Å². The van der Waals surface area contributed by atoms with Crippen LogP contribution < -0.4 is 14.8 Å². The topological polar surface area (TPSA) is 67.9 Å². The number of ether oxygens (including phenoxy) is 2. The highest BCUT2D eigenvalue weighted by molar-refractivity contribution is 5.97. The fraction of sp³-hybridized carbons (Fsp3) is 0.263. The second kappa shape index (κ2) is 8.19. The Hall–Kier alpha value is -3.02. The molecule has 0 radical (unpaired) electrons. The second-order valence-electron chi connectivity index (χ2n) is 5.65. The molecule has 6 heteroatoms. The van der Waals surface area contributed by atoms with Gasteiger partial charge in [-0.2, -0.15) is 0 Å². The van der Waals surface area contributed by atoms with Crippen molar-refractivity contribution in [3.05, 3.63) is 59.2 Å². The number of nitrogens with one attached hydrogen (secondary N) is 1. The van der Waals surface area contributed by atoms with Gasteiger partial charge in [-0.05, 0) is 29.8 Å². The standard InChI is InChI=1S/C19H22N2O4/c1-21(2)19(23)14-7-5-13(6-8-14)12-20-18(22)16-10-9-15(24-3)11-17(16)25-4/h5-11H,12H2,1-4H3,(H,20,22). The van der Waals surface area contributed by atoms with Crippen LogP contribution in [0.25, 0.3) is 0 Å². The van der Waals surface area contributed by atoms with Crippen molar-refractivity contribution in [2.75, 3.05) is 28.3 Å². The van der Waals surface area contributed by atoms with Crippen LogP contribution in [0.3, 0.4) is 0 Å². The molecule has 2 aromatic carbocycles. The number of methoxy groups -OCH3 is 2. The van der Waals surface area contributed by atoms with Crippen molar-refractivity contribution in [3.63, 3.8) is 0 Å². The summed E-state index contributed by atoms with van der Waals surface area (Å²) in [5, 5.41) is 2.84. The van der Waals surface area contributed by atoms with Gasteiger partial charge in [-0.3, -0.25) is 9.59 Å². The Kier molecular flexibility index (Phi) is 6.00. The van der Waals surface area contributed by atoms with Crippen LogP contribution in [-0.2, 0) is 6.54 Å². The van der Waals surface area contributed by atoms with Crippen molar-refractivity contribution in [2.24, 2.45) is 0 Å². The van der Waals surface area contributed by atoms with Gasteiger partial charge < -0.3 is 19.7 Å². The molecule has 0 unspecified atom stereocenters. The van der Waals surface area contributed by atoms with E-state index in [9.17, 15) is 9.59 Å². The number of nitrogens with zero attached hydrogens (tertiary/aromatic N) is 1. The molecular weight excluding hydrogens is 320 g/mol. The first-order valence-electron chi connectivity index (χ1n) is 7.77. The van der Waals surface area contributed by atoms with E-state index in [2.05, 4.69) is 5.32 Å². The first-order valence-corrected chi connectivity index (χ1v) is 7.77. The largest absolute Gasteiger partial charge is 0.497 e. The molecular formula is C19H22N2O4. The maximum Gasteiger partial charge on any atom is 0.255 e. The summed E-state index contributed by atoms with van der Waals surface area (Å²) in [5.74, 6) is 0.768. The number of hydrogen-bond acceptors (Lipinski definition) is 4. The van der Waals surface area contributed by atoms with Gasteiger partial charge in [0.05, 0.1) is 19.8 Å². The van der Waals surface area contributed by atoms with Gasteiger partial charge >= 0.3 is 0 Å². The molecule has 0 fully saturated rings. The van der Waals surface area contributed by atoms with Crippen LogP contribution in [-0.4, -0.2) is 45.0 Å². The first-order chi connectivity index (χ1) is 12.0. The number of rotatable bonds is 6. The van der Waals surface area contributed by atoms with Crippen LogP contribution in [0.1, 0.15) is 26.3 Å². The predicted octanol–water partition coefficient (Wildman–Crippen LogP) is 2.34. The number of carbonyl (C=O) groups excluding carboxylic acids is 2. The Labute approximate surface area is 147 Å². The molecule has 0 saturated heterocycles. The van der Waals surface area contributed by atoms with Gasteiger partial charge in [-0.1, -0.05) is 12.1 Å². The van der Waals surface area contributed by atoms with Crippen molar-refractivity contribution in [2.45, 2.75) is 6.54 Å². The third-order valence-electron chi connectivity index (χ3n) is 3.71. The Balaban J connectivity index is 2.04. The molecule has 0 aliphatic carbocycles. The zero-order chi connectivity index (χ0) is 18.4. The summed E-state index contributed by atoms with van der Waals surface area (Å²) in [6.07, 6.45) is 0. The fourth-order valence-corrected chi connectivity index (χ4v) is 2.29. The lowest BCUT2D eigenvalue weighted by Gasteiger charge is -2.12. The summed E-state index contributed by atoms with van der Waals surface area (Å²) in [6.45, 7) is 0.352. The Bertz CT molecular complexity index is 755. The van der Waals surface area contributed by atoms with E-state index in [1.807, 2.05) is 12.1 Å². The van der Waals surface area contributed by atoms with E-state index in [0.717, 1.165) is 5.56 Å². The lowest BCUT2D eigenvalue weighted by Crippen LogP contribution is -2.24. The maximum absolute atomic E-state index is 12.4. The second-order valence-corrected chi connectivity index (χ2v) is 5.65. The number of amides is 2. The minimum absolute atomic E-state index is 0.0569. The monoisotopic (exact) mass is 342 g/mol. The summed E-state index contributed by atoms with van der Waals surface area (Å²) in [4.78, 5) is 25.8. The Morgan fingerprint density at radius 3 is 2.24 bits per heavy atom. The quantitative estimate of drug-likeness (QED) is 0.875. The van der Waals surface area contributed by atoms with Crippen LogP contribution in [0.2, 0.25) is 0 Å².